The van der Waals surface area contributed by atoms with Gasteiger partial charge < -0.3 is 15.0 Å². The van der Waals surface area contributed by atoms with E-state index in [0.29, 0.717) is 24.3 Å². The molecule has 1 fully saturated rings. The van der Waals surface area contributed by atoms with Gasteiger partial charge in [0.05, 0.1) is 11.9 Å². The van der Waals surface area contributed by atoms with Gasteiger partial charge in [0, 0.05) is 49.2 Å². The second kappa shape index (κ2) is 11.4. The molecule has 1 aliphatic heterocycles. The highest BCUT2D eigenvalue weighted by Gasteiger charge is 2.22. The fraction of sp³-hybridized carbons (Fsp3) is 0.308. The zero-order chi connectivity index (χ0) is 23.8. The molecule has 0 unspecified atom stereocenters. The molecule has 1 aliphatic rings. The van der Waals surface area contributed by atoms with Gasteiger partial charge in [0.1, 0.15) is 0 Å². The van der Waals surface area contributed by atoms with Gasteiger partial charge in [-0.15, -0.1) is 0 Å². The molecular weight excluding hydrogens is 430 g/mol. The first-order valence-corrected chi connectivity index (χ1v) is 11.5. The van der Waals surface area contributed by atoms with Crippen LogP contribution in [0, 0.1) is 6.92 Å². The van der Waals surface area contributed by atoms with Crippen LogP contribution >= 0.6 is 0 Å². The van der Waals surface area contributed by atoms with Crippen LogP contribution < -0.4 is 10.1 Å². The average molecular weight is 460 g/mol. The fourth-order valence-corrected chi connectivity index (χ4v) is 3.84. The molecule has 0 spiro atoms. The number of piperazine rings is 1. The molecule has 0 radical (unpaired) electrons. The summed E-state index contributed by atoms with van der Waals surface area (Å²) in [7, 11) is 0. The van der Waals surface area contributed by atoms with Gasteiger partial charge >= 0.3 is 6.09 Å². The number of hydrogen-bond acceptors (Lipinski definition) is 6. The fourth-order valence-electron chi connectivity index (χ4n) is 3.84. The lowest BCUT2D eigenvalue weighted by Gasteiger charge is -2.33. The van der Waals surface area contributed by atoms with Gasteiger partial charge in [-0.25, -0.2) is 9.78 Å². The summed E-state index contributed by atoms with van der Waals surface area (Å²) in [6, 6.07) is 18.3. The van der Waals surface area contributed by atoms with Crippen LogP contribution in [0.15, 0.2) is 66.9 Å². The second-order valence-corrected chi connectivity index (χ2v) is 8.28. The van der Waals surface area contributed by atoms with Crippen molar-refractivity contribution in [3.05, 3.63) is 83.8 Å². The lowest BCUT2D eigenvalue weighted by Crippen LogP contribution is -2.49. The van der Waals surface area contributed by atoms with E-state index in [1.54, 1.807) is 41.3 Å². The number of aryl methyl sites for hydroxylation is 2. The van der Waals surface area contributed by atoms with Crippen molar-refractivity contribution in [2.24, 2.45) is 0 Å². The predicted molar refractivity (Wildman–Crippen MR) is 130 cm³/mol. The van der Waals surface area contributed by atoms with Gasteiger partial charge in [-0.1, -0.05) is 24.3 Å². The number of rotatable bonds is 7. The first-order chi connectivity index (χ1) is 16.6. The molecule has 176 valence electrons. The van der Waals surface area contributed by atoms with Crippen LogP contribution in [0.3, 0.4) is 0 Å². The van der Waals surface area contributed by atoms with Gasteiger partial charge in [0.2, 0.25) is 5.88 Å². The van der Waals surface area contributed by atoms with Crippen LogP contribution in [0.4, 0.5) is 10.5 Å². The van der Waals surface area contributed by atoms with Crippen molar-refractivity contribution in [3.63, 3.8) is 0 Å². The third kappa shape index (κ3) is 6.62. The highest BCUT2D eigenvalue weighted by Crippen LogP contribution is 2.15. The molecule has 1 saturated heterocycles. The number of aromatic nitrogens is 2. The van der Waals surface area contributed by atoms with Crippen LogP contribution in [0.5, 0.6) is 5.88 Å². The first-order valence-electron chi connectivity index (χ1n) is 11.5. The van der Waals surface area contributed by atoms with Crippen LogP contribution in [-0.2, 0) is 6.42 Å². The van der Waals surface area contributed by atoms with Gasteiger partial charge in [0.15, 0.2) is 0 Å². The molecule has 34 heavy (non-hydrogen) atoms. The second-order valence-electron chi connectivity index (χ2n) is 8.28. The van der Waals surface area contributed by atoms with Gasteiger partial charge in [-0.05, 0) is 56.6 Å². The average Bonchev–Trinajstić information content (AvgIpc) is 2.86. The number of carbonyl (C=O) groups excluding carboxylic acids is 2. The summed E-state index contributed by atoms with van der Waals surface area (Å²) >= 11 is 0. The Morgan fingerprint density at radius 2 is 1.76 bits per heavy atom. The molecule has 1 N–H and O–H groups in total. The van der Waals surface area contributed by atoms with Crippen molar-refractivity contribution >= 4 is 17.7 Å². The normalized spacial score (nSPS) is 14.0. The van der Waals surface area contributed by atoms with Crippen LogP contribution in [0.2, 0.25) is 0 Å². The minimum Gasteiger partial charge on any atom is -0.391 e. The van der Waals surface area contributed by atoms with E-state index in [4.69, 9.17) is 4.74 Å². The van der Waals surface area contributed by atoms with E-state index >= 15 is 0 Å². The van der Waals surface area contributed by atoms with Gasteiger partial charge in [-0.2, -0.15) is 0 Å². The Morgan fingerprint density at radius 3 is 2.47 bits per heavy atom. The third-order valence-corrected chi connectivity index (χ3v) is 5.71. The molecule has 0 bridgehead atoms. The molecule has 2 amide bonds. The van der Waals surface area contributed by atoms with E-state index < -0.39 is 6.09 Å². The Bertz CT molecular complexity index is 1100. The molecular formula is C26H29N5O3. The summed E-state index contributed by atoms with van der Waals surface area (Å²) in [4.78, 5) is 37.5. The summed E-state index contributed by atoms with van der Waals surface area (Å²) in [6.45, 7) is 5.85. The molecule has 0 aliphatic carbocycles. The monoisotopic (exact) mass is 459 g/mol. The number of anilines is 1. The van der Waals surface area contributed by atoms with Crippen molar-refractivity contribution in [1.29, 1.82) is 0 Å². The van der Waals surface area contributed by atoms with Crippen molar-refractivity contribution < 1.29 is 14.3 Å². The predicted octanol–water partition coefficient (Wildman–Crippen LogP) is 3.79. The lowest BCUT2D eigenvalue weighted by molar-refractivity contribution is 0.102. The van der Waals surface area contributed by atoms with Crippen molar-refractivity contribution in [3.8, 4) is 5.88 Å². The molecule has 8 heteroatoms. The minimum atomic E-state index is -0.405. The Morgan fingerprint density at radius 1 is 0.971 bits per heavy atom. The topological polar surface area (TPSA) is 87.7 Å². The third-order valence-electron chi connectivity index (χ3n) is 5.71. The van der Waals surface area contributed by atoms with Gasteiger partial charge in [-0.3, -0.25) is 14.7 Å². The molecule has 4 rings (SSSR count). The molecule has 2 aromatic heterocycles. The number of carbonyl (C=O) groups is 2. The maximum atomic E-state index is 12.5. The Hall–Kier alpha value is -3.78. The number of amides is 2. The zero-order valence-corrected chi connectivity index (χ0v) is 19.3. The van der Waals surface area contributed by atoms with E-state index in [-0.39, 0.29) is 11.8 Å². The summed E-state index contributed by atoms with van der Waals surface area (Å²) < 4.78 is 5.42. The van der Waals surface area contributed by atoms with Crippen molar-refractivity contribution in [1.82, 2.24) is 19.8 Å². The van der Waals surface area contributed by atoms with Gasteiger partial charge in [0.25, 0.3) is 5.91 Å². The number of ether oxygens (including phenoxy) is 1. The largest absolute Gasteiger partial charge is 0.416 e. The zero-order valence-electron chi connectivity index (χ0n) is 19.3. The van der Waals surface area contributed by atoms with E-state index in [2.05, 4.69) is 26.3 Å². The molecule has 0 saturated carbocycles. The van der Waals surface area contributed by atoms with Crippen LogP contribution in [0.1, 0.15) is 28.2 Å². The maximum Gasteiger partial charge on any atom is 0.416 e. The SMILES string of the molecule is Cc1cccc(CCCN2CCN(C(=O)Oc3ccc(NC(=O)c4ccccc4)cn3)CC2)n1. The molecule has 0 atom stereocenters. The van der Waals surface area contributed by atoms with Crippen molar-refractivity contribution in [2.45, 2.75) is 19.8 Å². The summed E-state index contributed by atoms with van der Waals surface area (Å²) in [5.74, 6) is -0.0176. The van der Waals surface area contributed by atoms with Crippen molar-refractivity contribution in [2.75, 3.05) is 38.0 Å². The highest BCUT2D eigenvalue weighted by molar-refractivity contribution is 6.04. The van der Waals surface area contributed by atoms with E-state index in [9.17, 15) is 9.59 Å². The van der Waals surface area contributed by atoms with Crippen LogP contribution in [-0.4, -0.2) is 64.5 Å². The lowest BCUT2D eigenvalue weighted by atomic mass is 10.2. The molecule has 8 nitrogen and oxygen atoms in total. The molecule has 1 aromatic carbocycles. The number of pyridine rings is 2. The Kier molecular flexibility index (Phi) is 7.83. The molecule has 3 heterocycles. The van der Waals surface area contributed by atoms with E-state index in [1.165, 1.54) is 6.20 Å². The first kappa shape index (κ1) is 23.4. The highest BCUT2D eigenvalue weighted by atomic mass is 16.6. The van der Waals surface area contributed by atoms with E-state index in [0.717, 1.165) is 43.9 Å². The molecule has 3 aromatic rings. The summed E-state index contributed by atoms with van der Waals surface area (Å²) in [6.07, 6.45) is 3.07. The van der Waals surface area contributed by atoms with Crippen LogP contribution in [0.25, 0.3) is 0 Å². The smallest absolute Gasteiger partial charge is 0.391 e. The number of nitrogens with one attached hydrogen (secondary N) is 1. The quantitative estimate of drug-likeness (QED) is 0.579. The Balaban J connectivity index is 1.18. The summed E-state index contributed by atoms with van der Waals surface area (Å²) in [5, 5.41) is 2.78. The Labute approximate surface area is 199 Å². The summed E-state index contributed by atoms with van der Waals surface area (Å²) in [5.41, 5.74) is 3.26. The standard InChI is InChI=1S/C26H29N5O3/c1-20-7-5-10-22(28-20)11-6-14-30-15-17-31(18-16-30)26(33)34-24-13-12-23(19-27-24)29-25(32)21-8-3-2-4-9-21/h2-5,7-10,12-13,19H,6,11,14-18H2,1H3,(H,29,32). The van der Waals surface area contributed by atoms with E-state index in [1.807, 2.05) is 25.1 Å². The number of benzene rings is 1. The number of hydrogen-bond donors (Lipinski definition) is 1. The number of nitrogens with zero attached hydrogens (tertiary/aromatic N) is 4. The maximum absolute atomic E-state index is 12.5. The minimum absolute atomic E-state index is 0.204.